The Morgan fingerprint density at radius 1 is 1.23 bits per heavy atom. The number of nitrogens with zero attached hydrogens (tertiary/aromatic N) is 3. The highest BCUT2D eigenvalue weighted by molar-refractivity contribution is 5.95. The van der Waals surface area contributed by atoms with E-state index in [1.165, 1.54) is 19.2 Å². The molecule has 0 bridgehead atoms. The van der Waals surface area contributed by atoms with Gasteiger partial charge in [-0.25, -0.2) is 9.18 Å². The maximum Gasteiger partial charge on any atom is 0.342 e. The molecule has 8 heteroatoms. The van der Waals surface area contributed by atoms with Crippen LogP contribution >= 0.6 is 0 Å². The predicted octanol–water partition coefficient (Wildman–Crippen LogP) is 3.59. The highest BCUT2D eigenvalue weighted by Crippen LogP contribution is 2.29. The zero-order chi connectivity index (χ0) is 18.7. The lowest BCUT2D eigenvalue weighted by atomic mass is 10.1. The van der Waals surface area contributed by atoms with Gasteiger partial charge in [-0.3, -0.25) is 0 Å². The van der Waals surface area contributed by atoms with Crippen molar-refractivity contribution in [3.8, 4) is 17.3 Å². The van der Waals surface area contributed by atoms with Gasteiger partial charge >= 0.3 is 5.97 Å². The third-order valence-electron chi connectivity index (χ3n) is 3.63. The number of nitrogens with one attached hydrogen (secondary N) is 1. The van der Waals surface area contributed by atoms with Crippen LogP contribution in [0.25, 0.3) is 11.3 Å². The van der Waals surface area contributed by atoms with Crippen molar-refractivity contribution in [2.45, 2.75) is 6.92 Å². The maximum absolute atomic E-state index is 13.0. The summed E-state index contributed by atoms with van der Waals surface area (Å²) in [5.41, 5.74) is 1.36. The standard InChI is InChI=1S/C18H13FN4O3/c1-10-16(18(24)25-2)13(9-20)17(26-10)21-15-8-7-14(22-23-15)11-3-5-12(19)6-4-11/h3-8H,1-2H3,(H,21,23). The van der Waals surface area contributed by atoms with Crippen molar-refractivity contribution in [2.75, 3.05) is 12.4 Å². The molecule has 0 aliphatic rings. The molecular weight excluding hydrogens is 339 g/mol. The summed E-state index contributed by atoms with van der Waals surface area (Å²) in [5, 5.41) is 20.2. The van der Waals surface area contributed by atoms with E-state index in [9.17, 15) is 14.4 Å². The minimum Gasteiger partial charge on any atom is -0.465 e. The monoisotopic (exact) mass is 352 g/mol. The molecule has 26 heavy (non-hydrogen) atoms. The zero-order valence-corrected chi connectivity index (χ0v) is 13.9. The molecule has 0 radical (unpaired) electrons. The number of nitriles is 1. The third-order valence-corrected chi connectivity index (χ3v) is 3.63. The maximum atomic E-state index is 13.0. The molecule has 1 N–H and O–H groups in total. The summed E-state index contributed by atoms with van der Waals surface area (Å²) in [6.45, 7) is 1.56. The Balaban J connectivity index is 1.87. The molecule has 0 unspecified atom stereocenters. The second kappa shape index (κ2) is 7.03. The molecule has 0 spiro atoms. The molecule has 0 aliphatic carbocycles. The molecule has 7 nitrogen and oxygen atoms in total. The minimum absolute atomic E-state index is 0.0266. The van der Waals surface area contributed by atoms with E-state index in [0.29, 0.717) is 17.1 Å². The van der Waals surface area contributed by atoms with Gasteiger partial charge in [0.2, 0.25) is 5.88 Å². The Bertz CT molecular complexity index is 989. The lowest BCUT2D eigenvalue weighted by Crippen LogP contribution is -2.04. The average molecular weight is 352 g/mol. The Kier molecular flexibility index (Phi) is 4.62. The van der Waals surface area contributed by atoms with Crippen LogP contribution in [0.5, 0.6) is 0 Å². The van der Waals surface area contributed by atoms with E-state index in [1.807, 2.05) is 6.07 Å². The summed E-state index contributed by atoms with van der Waals surface area (Å²) in [6, 6.07) is 11.1. The van der Waals surface area contributed by atoms with Crippen LogP contribution in [0.2, 0.25) is 0 Å². The highest BCUT2D eigenvalue weighted by Gasteiger charge is 2.24. The van der Waals surface area contributed by atoms with E-state index < -0.39 is 5.97 Å². The molecule has 0 atom stereocenters. The Morgan fingerprint density at radius 2 is 1.96 bits per heavy atom. The zero-order valence-electron chi connectivity index (χ0n) is 13.9. The van der Waals surface area contributed by atoms with Crippen molar-refractivity contribution in [1.82, 2.24) is 10.2 Å². The van der Waals surface area contributed by atoms with E-state index in [2.05, 4.69) is 20.3 Å². The first-order valence-corrected chi connectivity index (χ1v) is 7.52. The van der Waals surface area contributed by atoms with Gasteiger partial charge in [0.05, 0.1) is 12.8 Å². The van der Waals surface area contributed by atoms with E-state index in [0.717, 1.165) is 0 Å². The van der Waals surface area contributed by atoms with Gasteiger partial charge in [0.15, 0.2) is 5.82 Å². The first-order chi connectivity index (χ1) is 12.5. The summed E-state index contributed by atoms with van der Waals surface area (Å²) in [6.07, 6.45) is 0. The van der Waals surface area contributed by atoms with Crippen molar-refractivity contribution in [3.05, 3.63) is 59.1 Å². The lowest BCUT2D eigenvalue weighted by molar-refractivity contribution is 0.0598. The number of furan rings is 1. The third kappa shape index (κ3) is 3.23. The van der Waals surface area contributed by atoms with Gasteiger partial charge in [-0.15, -0.1) is 10.2 Å². The number of aromatic nitrogens is 2. The SMILES string of the molecule is COC(=O)c1c(C)oc(Nc2ccc(-c3ccc(F)cc3)nn2)c1C#N. The topological polar surface area (TPSA) is 101 Å². The molecule has 0 saturated carbocycles. The van der Waals surface area contributed by atoms with Crippen LogP contribution in [0, 0.1) is 24.1 Å². The summed E-state index contributed by atoms with van der Waals surface area (Å²) >= 11 is 0. The average Bonchev–Trinajstić information content (AvgIpc) is 2.97. The summed E-state index contributed by atoms with van der Waals surface area (Å²) in [7, 11) is 1.22. The number of aryl methyl sites for hydroxylation is 1. The van der Waals surface area contributed by atoms with E-state index in [4.69, 9.17) is 4.42 Å². The molecular formula is C18H13FN4O3. The van der Waals surface area contributed by atoms with Gasteiger partial charge in [-0.2, -0.15) is 5.26 Å². The fraction of sp³-hybridized carbons (Fsp3) is 0.111. The number of benzene rings is 1. The van der Waals surface area contributed by atoms with Crippen molar-refractivity contribution in [3.63, 3.8) is 0 Å². The molecule has 0 aliphatic heterocycles. The molecule has 2 aromatic heterocycles. The largest absolute Gasteiger partial charge is 0.465 e. The number of esters is 1. The number of carbonyl (C=O) groups is 1. The minimum atomic E-state index is -0.659. The number of ether oxygens (including phenoxy) is 1. The van der Waals surface area contributed by atoms with Gasteiger partial charge in [0.25, 0.3) is 0 Å². The van der Waals surface area contributed by atoms with Crippen LogP contribution in [-0.2, 0) is 4.74 Å². The number of halogens is 1. The van der Waals surface area contributed by atoms with E-state index >= 15 is 0 Å². The van der Waals surface area contributed by atoms with Crippen LogP contribution in [0.4, 0.5) is 16.1 Å². The molecule has 0 fully saturated rings. The normalized spacial score (nSPS) is 10.2. The van der Waals surface area contributed by atoms with E-state index in [-0.39, 0.29) is 28.6 Å². The lowest BCUT2D eigenvalue weighted by Gasteiger charge is -2.04. The van der Waals surface area contributed by atoms with Crippen LogP contribution in [-0.4, -0.2) is 23.3 Å². The van der Waals surface area contributed by atoms with Gasteiger partial charge in [0, 0.05) is 5.56 Å². The number of hydrogen-bond donors (Lipinski definition) is 1. The quantitative estimate of drug-likeness (QED) is 0.716. The molecule has 3 aromatic rings. The number of carbonyl (C=O) groups excluding carboxylic acids is 1. The number of methoxy groups -OCH3 is 1. The van der Waals surface area contributed by atoms with Gasteiger partial charge in [0.1, 0.15) is 28.8 Å². The Morgan fingerprint density at radius 3 is 2.54 bits per heavy atom. The molecule has 130 valence electrons. The number of hydrogen-bond acceptors (Lipinski definition) is 7. The second-order valence-corrected chi connectivity index (χ2v) is 5.28. The number of rotatable bonds is 4. The fourth-order valence-corrected chi connectivity index (χ4v) is 2.38. The van der Waals surface area contributed by atoms with Crippen molar-refractivity contribution in [2.24, 2.45) is 0 Å². The fourth-order valence-electron chi connectivity index (χ4n) is 2.38. The Hall–Kier alpha value is -3.73. The van der Waals surface area contributed by atoms with Crippen LogP contribution in [0.15, 0.2) is 40.8 Å². The molecule has 2 heterocycles. The van der Waals surface area contributed by atoms with E-state index in [1.54, 1.807) is 31.2 Å². The second-order valence-electron chi connectivity index (χ2n) is 5.28. The predicted molar refractivity (Wildman–Crippen MR) is 90.2 cm³/mol. The molecule has 3 rings (SSSR count). The first-order valence-electron chi connectivity index (χ1n) is 7.52. The molecule has 0 amide bonds. The van der Waals surface area contributed by atoms with Gasteiger partial charge < -0.3 is 14.5 Å². The highest BCUT2D eigenvalue weighted by atomic mass is 19.1. The van der Waals surface area contributed by atoms with Crippen molar-refractivity contribution >= 4 is 17.7 Å². The van der Waals surface area contributed by atoms with Crippen molar-refractivity contribution < 1.29 is 18.3 Å². The van der Waals surface area contributed by atoms with Crippen LogP contribution < -0.4 is 5.32 Å². The molecule has 0 saturated heterocycles. The van der Waals surface area contributed by atoms with Gasteiger partial charge in [-0.05, 0) is 43.3 Å². The first kappa shape index (κ1) is 17.1. The summed E-state index contributed by atoms with van der Waals surface area (Å²) in [4.78, 5) is 11.8. The summed E-state index contributed by atoms with van der Waals surface area (Å²) < 4.78 is 23.1. The smallest absolute Gasteiger partial charge is 0.342 e. The number of anilines is 2. The Labute approximate surface area is 148 Å². The van der Waals surface area contributed by atoms with Gasteiger partial charge in [-0.1, -0.05) is 0 Å². The van der Waals surface area contributed by atoms with Crippen LogP contribution in [0.3, 0.4) is 0 Å². The van der Waals surface area contributed by atoms with Crippen LogP contribution in [0.1, 0.15) is 21.7 Å². The summed E-state index contributed by atoms with van der Waals surface area (Å²) in [5.74, 6) is -0.342. The van der Waals surface area contributed by atoms with Crippen molar-refractivity contribution in [1.29, 1.82) is 5.26 Å². The molecule has 1 aromatic carbocycles.